The van der Waals surface area contributed by atoms with E-state index in [0.29, 0.717) is 0 Å². The SMILES string of the molecule is O=C(CNc1ccc(Br)c(C(F)(F)F)c1)NC1CCCC1. The van der Waals surface area contributed by atoms with Crippen molar-refractivity contribution in [2.45, 2.75) is 37.9 Å². The largest absolute Gasteiger partial charge is 0.417 e. The van der Waals surface area contributed by atoms with Gasteiger partial charge < -0.3 is 10.6 Å². The highest BCUT2D eigenvalue weighted by atomic mass is 79.9. The Balaban J connectivity index is 1.92. The summed E-state index contributed by atoms with van der Waals surface area (Å²) in [6.07, 6.45) is -0.257. The lowest BCUT2D eigenvalue weighted by atomic mass is 10.2. The molecule has 0 spiro atoms. The molecule has 1 fully saturated rings. The highest BCUT2D eigenvalue weighted by Gasteiger charge is 2.33. The van der Waals surface area contributed by atoms with Gasteiger partial charge in [-0.3, -0.25) is 4.79 Å². The number of carbonyl (C=O) groups excluding carboxylic acids is 1. The first-order valence-electron chi connectivity index (χ1n) is 6.76. The molecule has 1 aromatic rings. The van der Waals surface area contributed by atoms with Crippen LogP contribution < -0.4 is 10.6 Å². The average Bonchev–Trinajstić information content (AvgIpc) is 2.89. The molecule has 0 saturated heterocycles. The number of hydrogen-bond donors (Lipinski definition) is 2. The molecule has 0 aromatic heterocycles. The van der Waals surface area contributed by atoms with Crippen LogP contribution in [0.1, 0.15) is 31.2 Å². The molecule has 116 valence electrons. The van der Waals surface area contributed by atoms with E-state index in [2.05, 4.69) is 26.6 Å². The molecule has 1 aliphatic rings. The highest BCUT2D eigenvalue weighted by molar-refractivity contribution is 9.10. The van der Waals surface area contributed by atoms with Gasteiger partial charge in [-0.15, -0.1) is 0 Å². The van der Waals surface area contributed by atoms with Crippen LogP contribution in [0.2, 0.25) is 0 Å². The van der Waals surface area contributed by atoms with E-state index in [4.69, 9.17) is 0 Å². The van der Waals surface area contributed by atoms with Crippen LogP contribution in [0.4, 0.5) is 18.9 Å². The van der Waals surface area contributed by atoms with Crippen molar-refractivity contribution in [3.63, 3.8) is 0 Å². The third-order valence-corrected chi connectivity index (χ3v) is 4.14. The molecule has 0 radical (unpaired) electrons. The molecule has 1 aromatic carbocycles. The summed E-state index contributed by atoms with van der Waals surface area (Å²) >= 11 is 2.88. The Hall–Kier alpha value is -1.24. The van der Waals surface area contributed by atoms with Gasteiger partial charge in [0.25, 0.3) is 0 Å². The molecule has 2 rings (SSSR count). The summed E-state index contributed by atoms with van der Waals surface area (Å²) in [4.78, 5) is 11.7. The first-order valence-corrected chi connectivity index (χ1v) is 7.55. The minimum atomic E-state index is -4.43. The van der Waals surface area contributed by atoms with Crippen molar-refractivity contribution in [1.82, 2.24) is 5.32 Å². The van der Waals surface area contributed by atoms with Gasteiger partial charge in [0.15, 0.2) is 0 Å². The summed E-state index contributed by atoms with van der Waals surface area (Å²) in [6, 6.07) is 4.02. The molecule has 1 aliphatic carbocycles. The number of benzene rings is 1. The van der Waals surface area contributed by atoms with Gasteiger partial charge in [0, 0.05) is 16.2 Å². The molecule has 2 N–H and O–H groups in total. The maximum absolute atomic E-state index is 12.8. The smallest absolute Gasteiger partial charge is 0.376 e. The van der Waals surface area contributed by atoms with Gasteiger partial charge in [0.05, 0.1) is 12.1 Å². The quantitative estimate of drug-likeness (QED) is 0.849. The predicted octanol–water partition coefficient (Wildman–Crippen LogP) is 3.94. The summed E-state index contributed by atoms with van der Waals surface area (Å²) in [5, 5.41) is 5.60. The van der Waals surface area contributed by atoms with Gasteiger partial charge in [0.1, 0.15) is 0 Å². The van der Waals surface area contributed by atoms with Crippen LogP contribution in [-0.2, 0) is 11.0 Å². The third-order valence-electron chi connectivity index (χ3n) is 3.45. The zero-order valence-corrected chi connectivity index (χ0v) is 12.9. The number of carbonyl (C=O) groups is 1. The van der Waals surface area contributed by atoms with Crippen LogP contribution in [0.15, 0.2) is 22.7 Å². The summed E-state index contributed by atoms with van der Waals surface area (Å²) in [5.41, 5.74) is -0.490. The van der Waals surface area contributed by atoms with Crippen LogP contribution in [-0.4, -0.2) is 18.5 Å². The van der Waals surface area contributed by atoms with Gasteiger partial charge in [-0.05, 0) is 31.0 Å². The lowest BCUT2D eigenvalue weighted by Gasteiger charge is -2.14. The maximum atomic E-state index is 12.8. The van der Waals surface area contributed by atoms with E-state index >= 15 is 0 Å². The van der Waals surface area contributed by atoms with Gasteiger partial charge in [0.2, 0.25) is 5.91 Å². The number of rotatable bonds is 4. The molecule has 1 saturated carbocycles. The second-order valence-corrected chi connectivity index (χ2v) is 5.95. The third kappa shape index (κ3) is 4.62. The van der Waals surface area contributed by atoms with Crippen LogP contribution >= 0.6 is 15.9 Å². The number of hydrogen-bond acceptors (Lipinski definition) is 2. The second-order valence-electron chi connectivity index (χ2n) is 5.09. The van der Waals surface area contributed by atoms with Crippen molar-refractivity contribution in [1.29, 1.82) is 0 Å². The van der Waals surface area contributed by atoms with E-state index < -0.39 is 11.7 Å². The van der Waals surface area contributed by atoms with Crippen molar-refractivity contribution >= 4 is 27.5 Å². The molecule has 0 aliphatic heterocycles. The lowest BCUT2D eigenvalue weighted by Crippen LogP contribution is -2.36. The van der Waals surface area contributed by atoms with Gasteiger partial charge in [-0.1, -0.05) is 28.8 Å². The van der Waals surface area contributed by atoms with E-state index in [-0.39, 0.29) is 28.7 Å². The number of halogens is 4. The Labute approximate surface area is 129 Å². The average molecular weight is 365 g/mol. The molecule has 0 bridgehead atoms. The van der Waals surface area contributed by atoms with Crippen molar-refractivity contribution in [2.24, 2.45) is 0 Å². The van der Waals surface area contributed by atoms with E-state index in [0.717, 1.165) is 31.7 Å². The molecule has 1 amide bonds. The van der Waals surface area contributed by atoms with Gasteiger partial charge >= 0.3 is 6.18 Å². The molecule has 21 heavy (non-hydrogen) atoms. The van der Waals surface area contributed by atoms with Crippen molar-refractivity contribution in [3.05, 3.63) is 28.2 Å². The molecule has 3 nitrogen and oxygen atoms in total. The predicted molar refractivity (Wildman–Crippen MR) is 78.0 cm³/mol. The maximum Gasteiger partial charge on any atom is 0.417 e. The zero-order chi connectivity index (χ0) is 15.5. The molecule has 0 unspecified atom stereocenters. The Morgan fingerprint density at radius 3 is 2.57 bits per heavy atom. The van der Waals surface area contributed by atoms with E-state index in [1.807, 2.05) is 0 Å². The fraction of sp³-hybridized carbons (Fsp3) is 0.500. The van der Waals surface area contributed by atoms with Gasteiger partial charge in [-0.2, -0.15) is 13.2 Å². The Kier molecular flexibility index (Phi) is 5.13. The summed E-state index contributed by atoms with van der Waals surface area (Å²) in [5.74, 6) is -0.196. The summed E-state index contributed by atoms with van der Waals surface area (Å²) in [7, 11) is 0. The van der Waals surface area contributed by atoms with E-state index in [1.165, 1.54) is 12.1 Å². The number of anilines is 1. The van der Waals surface area contributed by atoms with Crippen molar-refractivity contribution < 1.29 is 18.0 Å². The van der Waals surface area contributed by atoms with E-state index in [1.54, 1.807) is 0 Å². The molecular weight excluding hydrogens is 349 g/mol. The number of amides is 1. The number of alkyl halides is 3. The fourth-order valence-corrected chi connectivity index (χ4v) is 2.86. The standard InChI is InChI=1S/C14H16BrF3N2O/c15-12-6-5-10(7-11(12)14(16,17)18)19-8-13(21)20-9-3-1-2-4-9/h5-7,9,19H,1-4,8H2,(H,20,21). The van der Waals surface area contributed by atoms with Gasteiger partial charge in [-0.25, -0.2) is 0 Å². The van der Waals surface area contributed by atoms with Crippen LogP contribution in [0, 0.1) is 0 Å². The fourth-order valence-electron chi connectivity index (χ4n) is 2.38. The first kappa shape index (κ1) is 16.1. The zero-order valence-electron chi connectivity index (χ0n) is 11.3. The van der Waals surface area contributed by atoms with Crippen LogP contribution in [0.5, 0.6) is 0 Å². The van der Waals surface area contributed by atoms with Crippen molar-refractivity contribution in [3.8, 4) is 0 Å². The Bertz CT molecular complexity index is 513. The highest BCUT2D eigenvalue weighted by Crippen LogP contribution is 2.36. The lowest BCUT2D eigenvalue weighted by molar-refractivity contribution is -0.138. The minimum Gasteiger partial charge on any atom is -0.376 e. The monoisotopic (exact) mass is 364 g/mol. The number of nitrogens with one attached hydrogen (secondary N) is 2. The topological polar surface area (TPSA) is 41.1 Å². The van der Waals surface area contributed by atoms with Crippen LogP contribution in [0.3, 0.4) is 0 Å². The first-order chi connectivity index (χ1) is 9.86. The molecule has 7 heteroatoms. The molecular formula is C14H16BrF3N2O. The normalized spacial score (nSPS) is 16.0. The Morgan fingerprint density at radius 2 is 1.95 bits per heavy atom. The second kappa shape index (κ2) is 6.68. The van der Waals surface area contributed by atoms with Crippen molar-refractivity contribution in [2.75, 3.05) is 11.9 Å². The van der Waals surface area contributed by atoms with Crippen LogP contribution in [0.25, 0.3) is 0 Å². The Morgan fingerprint density at radius 1 is 1.29 bits per heavy atom. The minimum absolute atomic E-state index is 0.0176. The molecule has 0 heterocycles. The summed E-state index contributed by atoms with van der Waals surface area (Å²) < 4.78 is 38.3. The summed E-state index contributed by atoms with van der Waals surface area (Å²) in [6.45, 7) is -0.0323. The molecule has 0 atom stereocenters. The van der Waals surface area contributed by atoms with E-state index in [9.17, 15) is 18.0 Å².